The minimum Gasteiger partial charge on any atom is -0.324 e. The van der Waals surface area contributed by atoms with Gasteiger partial charge in [-0.3, -0.25) is 19.3 Å². The third kappa shape index (κ3) is 3.45. The number of pyridine rings is 1. The molecule has 1 aliphatic heterocycles. The zero-order valence-corrected chi connectivity index (χ0v) is 18.0. The first-order valence-corrected chi connectivity index (χ1v) is 11.2. The van der Waals surface area contributed by atoms with Crippen LogP contribution in [-0.2, 0) is 14.4 Å². The van der Waals surface area contributed by atoms with E-state index in [0.29, 0.717) is 5.69 Å². The number of nitrogens with one attached hydrogen (secondary N) is 1. The summed E-state index contributed by atoms with van der Waals surface area (Å²) < 4.78 is 0. The minimum atomic E-state index is -0.868. The van der Waals surface area contributed by atoms with Gasteiger partial charge in [-0.2, -0.15) is 0 Å². The van der Waals surface area contributed by atoms with Crippen molar-refractivity contribution in [1.29, 1.82) is 0 Å². The maximum Gasteiger partial charge on any atom is 0.247 e. The van der Waals surface area contributed by atoms with Gasteiger partial charge in [0.2, 0.25) is 17.7 Å². The average Bonchev–Trinajstić information content (AvgIpc) is 3.09. The molecule has 3 unspecified atom stereocenters. The molecule has 6 heteroatoms. The molecule has 3 aromatic rings. The molecular weight excluding hydrogens is 402 g/mol. The van der Waals surface area contributed by atoms with E-state index in [2.05, 4.69) is 5.32 Å². The molecule has 2 fully saturated rings. The predicted molar refractivity (Wildman–Crippen MR) is 123 cm³/mol. The van der Waals surface area contributed by atoms with Gasteiger partial charge in [-0.25, -0.2) is 4.98 Å². The van der Waals surface area contributed by atoms with E-state index in [0.717, 1.165) is 47.8 Å². The fraction of sp³-hybridized carbons (Fsp3) is 0.308. The van der Waals surface area contributed by atoms with Gasteiger partial charge in [-0.15, -0.1) is 0 Å². The number of para-hydroxylation sites is 1. The van der Waals surface area contributed by atoms with E-state index in [1.54, 1.807) is 6.92 Å². The van der Waals surface area contributed by atoms with Crippen molar-refractivity contribution in [3.8, 4) is 11.3 Å². The first-order chi connectivity index (χ1) is 15.5. The van der Waals surface area contributed by atoms with Gasteiger partial charge in [0.1, 0.15) is 6.04 Å². The number of carbonyl (C=O) groups is 3. The zero-order valence-electron chi connectivity index (χ0n) is 18.0. The van der Waals surface area contributed by atoms with Crippen molar-refractivity contribution in [3.63, 3.8) is 0 Å². The molecule has 6 nitrogen and oxygen atoms in total. The number of carbonyl (C=O) groups excluding carboxylic acids is 3. The normalized spacial score (nSPS) is 21.5. The highest BCUT2D eigenvalue weighted by molar-refractivity contribution is 6.11. The van der Waals surface area contributed by atoms with Crippen LogP contribution in [0.25, 0.3) is 22.2 Å². The van der Waals surface area contributed by atoms with Crippen LogP contribution < -0.4 is 5.32 Å². The summed E-state index contributed by atoms with van der Waals surface area (Å²) in [6.45, 7) is 1.63. The van der Waals surface area contributed by atoms with Crippen LogP contribution in [-0.4, -0.2) is 33.6 Å². The van der Waals surface area contributed by atoms with E-state index in [1.165, 1.54) is 4.90 Å². The van der Waals surface area contributed by atoms with Crippen molar-refractivity contribution in [1.82, 2.24) is 9.88 Å². The molecule has 1 aliphatic carbocycles. The molecular formula is C26H25N3O3. The molecule has 2 aromatic carbocycles. The molecule has 3 atom stereocenters. The molecule has 32 heavy (non-hydrogen) atoms. The van der Waals surface area contributed by atoms with E-state index in [9.17, 15) is 14.4 Å². The quantitative estimate of drug-likeness (QED) is 0.626. The van der Waals surface area contributed by atoms with E-state index in [4.69, 9.17) is 4.98 Å². The van der Waals surface area contributed by atoms with Crippen molar-refractivity contribution in [3.05, 3.63) is 60.7 Å². The molecule has 1 aromatic heterocycles. The molecule has 0 bridgehead atoms. The second-order valence-electron chi connectivity index (χ2n) is 8.65. The summed E-state index contributed by atoms with van der Waals surface area (Å²) in [5.41, 5.74) is 3.06. The fourth-order valence-electron chi connectivity index (χ4n) is 4.96. The Bertz CT molecular complexity index is 1180. The molecule has 1 saturated heterocycles. The number of likely N-dealkylation sites (tertiary alicyclic amines) is 1. The van der Waals surface area contributed by atoms with Gasteiger partial charge in [0.05, 0.1) is 28.7 Å². The van der Waals surface area contributed by atoms with Gasteiger partial charge in [-0.05, 0) is 31.9 Å². The highest BCUT2D eigenvalue weighted by atomic mass is 16.2. The number of hydrogen-bond acceptors (Lipinski definition) is 4. The Morgan fingerprint density at radius 3 is 2.28 bits per heavy atom. The average molecular weight is 428 g/mol. The number of rotatable bonds is 4. The van der Waals surface area contributed by atoms with E-state index in [-0.39, 0.29) is 29.6 Å². The number of aromatic nitrogens is 1. The summed E-state index contributed by atoms with van der Waals surface area (Å²) >= 11 is 0. The van der Waals surface area contributed by atoms with Gasteiger partial charge in [0, 0.05) is 10.9 Å². The number of hydrogen-bond donors (Lipinski definition) is 1. The second kappa shape index (κ2) is 8.19. The van der Waals surface area contributed by atoms with E-state index in [1.807, 2.05) is 60.7 Å². The van der Waals surface area contributed by atoms with Crippen molar-refractivity contribution in [2.45, 2.75) is 38.6 Å². The maximum absolute atomic E-state index is 13.2. The lowest BCUT2D eigenvalue weighted by Crippen LogP contribution is -2.46. The lowest BCUT2D eigenvalue weighted by molar-refractivity contribution is -0.146. The molecule has 3 amide bonds. The number of anilines is 1. The Morgan fingerprint density at radius 1 is 0.969 bits per heavy atom. The lowest BCUT2D eigenvalue weighted by atomic mass is 9.81. The standard InChI is InChI=1S/C26H25N3O3/c1-16(29-25(31)18-11-5-6-12-19(18)26(29)32)24(30)28-23-15-22(17-9-3-2-4-10-17)27-21-14-8-7-13-20(21)23/h2-4,7-10,13-16,18-19H,5-6,11-12H2,1H3,(H,27,28,30). The third-order valence-electron chi connectivity index (χ3n) is 6.69. The van der Waals surface area contributed by atoms with Crippen LogP contribution >= 0.6 is 0 Å². The largest absolute Gasteiger partial charge is 0.324 e. The van der Waals surface area contributed by atoms with Crippen LogP contribution in [0, 0.1) is 11.8 Å². The highest BCUT2D eigenvalue weighted by Gasteiger charge is 2.50. The SMILES string of the molecule is CC(C(=O)Nc1cc(-c2ccccc2)nc2ccccc12)N1C(=O)C2CCCCC2C1=O. The molecule has 5 rings (SSSR count). The maximum atomic E-state index is 13.2. The molecule has 1 saturated carbocycles. The van der Waals surface area contributed by atoms with Gasteiger partial charge in [0.25, 0.3) is 0 Å². The Kier molecular flexibility index (Phi) is 5.21. The third-order valence-corrected chi connectivity index (χ3v) is 6.69. The molecule has 1 N–H and O–H groups in total. The number of imide groups is 1. The molecule has 2 aliphatic rings. The number of fused-ring (bicyclic) bond motifs is 2. The summed E-state index contributed by atoms with van der Waals surface area (Å²) in [4.78, 5) is 45.0. The van der Waals surface area contributed by atoms with Gasteiger partial charge < -0.3 is 5.32 Å². The van der Waals surface area contributed by atoms with Crippen LogP contribution in [0.2, 0.25) is 0 Å². The van der Waals surface area contributed by atoms with Crippen molar-refractivity contribution >= 4 is 34.3 Å². The van der Waals surface area contributed by atoms with Crippen LogP contribution in [0.15, 0.2) is 60.7 Å². The topological polar surface area (TPSA) is 79.4 Å². The van der Waals surface area contributed by atoms with Crippen LogP contribution in [0.5, 0.6) is 0 Å². The van der Waals surface area contributed by atoms with Gasteiger partial charge >= 0.3 is 0 Å². The second-order valence-corrected chi connectivity index (χ2v) is 8.65. The van der Waals surface area contributed by atoms with E-state index < -0.39 is 6.04 Å². The smallest absolute Gasteiger partial charge is 0.247 e. The van der Waals surface area contributed by atoms with E-state index >= 15 is 0 Å². The fourth-order valence-corrected chi connectivity index (χ4v) is 4.96. The minimum absolute atomic E-state index is 0.202. The summed E-state index contributed by atoms with van der Waals surface area (Å²) in [6.07, 6.45) is 3.38. The van der Waals surface area contributed by atoms with Crippen molar-refractivity contribution in [2.75, 3.05) is 5.32 Å². The molecule has 0 spiro atoms. The Labute approximate surface area is 186 Å². The first kappa shape index (κ1) is 20.4. The zero-order chi connectivity index (χ0) is 22.2. The molecule has 162 valence electrons. The monoisotopic (exact) mass is 427 g/mol. The van der Waals surface area contributed by atoms with Crippen molar-refractivity contribution in [2.24, 2.45) is 11.8 Å². The first-order valence-electron chi connectivity index (χ1n) is 11.2. The van der Waals surface area contributed by atoms with Gasteiger partial charge in [-0.1, -0.05) is 61.4 Å². The summed E-state index contributed by atoms with van der Waals surface area (Å²) in [6, 6.07) is 18.3. The summed E-state index contributed by atoms with van der Waals surface area (Å²) in [5.74, 6) is -1.31. The number of amides is 3. The lowest BCUT2D eigenvalue weighted by Gasteiger charge is -2.23. The van der Waals surface area contributed by atoms with Crippen LogP contribution in [0.3, 0.4) is 0 Å². The molecule has 2 heterocycles. The summed E-state index contributed by atoms with van der Waals surface area (Å²) in [5, 5.41) is 3.78. The predicted octanol–water partition coefficient (Wildman–Crippen LogP) is 4.40. The van der Waals surface area contributed by atoms with Gasteiger partial charge in [0.15, 0.2) is 0 Å². The van der Waals surface area contributed by atoms with Crippen LogP contribution in [0.1, 0.15) is 32.6 Å². The number of nitrogens with zero attached hydrogens (tertiary/aromatic N) is 2. The Morgan fingerprint density at radius 2 is 1.59 bits per heavy atom. The highest BCUT2D eigenvalue weighted by Crippen LogP contribution is 2.39. The van der Waals surface area contributed by atoms with Crippen molar-refractivity contribution < 1.29 is 14.4 Å². The number of benzene rings is 2. The molecule has 0 radical (unpaired) electrons. The van der Waals surface area contributed by atoms with Crippen LogP contribution in [0.4, 0.5) is 5.69 Å². The Hall–Kier alpha value is -3.54. The Balaban J connectivity index is 1.46. The summed E-state index contributed by atoms with van der Waals surface area (Å²) in [7, 11) is 0.